The van der Waals surface area contributed by atoms with Crippen LogP contribution in [0.1, 0.15) is 16.7 Å². The Kier molecular flexibility index (Phi) is 7.02. The second kappa shape index (κ2) is 9.68. The van der Waals surface area contributed by atoms with E-state index >= 15 is 0 Å². The number of nitrogens with one attached hydrogen (secondary N) is 2. The molecule has 3 aromatic rings. The third kappa shape index (κ3) is 5.89. The van der Waals surface area contributed by atoms with E-state index in [2.05, 4.69) is 10.6 Å². The van der Waals surface area contributed by atoms with Gasteiger partial charge in [0.15, 0.2) is 6.61 Å². The minimum Gasteiger partial charge on any atom is -0.482 e. The van der Waals surface area contributed by atoms with Crippen LogP contribution < -0.4 is 15.4 Å². The molecule has 2 N–H and O–H groups in total. The van der Waals surface area contributed by atoms with E-state index in [0.717, 1.165) is 33.1 Å². The van der Waals surface area contributed by atoms with Crippen molar-refractivity contribution in [2.24, 2.45) is 0 Å². The highest BCUT2D eigenvalue weighted by atomic mass is 35.5. The molecular weight excluding hydrogens is 407 g/mol. The number of anilines is 2. The van der Waals surface area contributed by atoms with Gasteiger partial charge in [0, 0.05) is 22.9 Å². The van der Waals surface area contributed by atoms with Crippen molar-refractivity contribution in [1.29, 1.82) is 0 Å². The molecule has 0 aliphatic heterocycles. The second-order valence-corrected chi connectivity index (χ2v) is 7.55. The fourth-order valence-electron chi connectivity index (χ4n) is 2.83. The smallest absolute Gasteiger partial charge is 0.262 e. The van der Waals surface area contributed by atoms with Gasteiger partial charge in [0.1, 0.15) is 5.75 Å². The second-order valence-electron chi connectivity index (χ2n) is 6.74. The van der Waals surface area contributed by atoms with Crippen molar-refractivity contribution in [3.63, 3.8) is 0 Å². The Labute approximate surface area is 180 Å². The van der Waals surface area contributed by atoms with Gasteiger partial charge in [0.25, 0.3) is 5.91 Å². The van der Waals surface area contributed by atoms with Gasteiger partial charge in [-0.05, 0) is 66.9 Å². The molecule has 0 aromatic heterocycles. The molecule has 0 aliphatic carbocycles. The molecule has 29 heavy (non-hydrogen) atoms. The Balaban J connectivity index is 1.55. The Morgan fingerprint density at radius 2 is 1.76 bits per heavy atom. The molecule has 3 aromatic carbocycles. The van der Waals surface area contributed by atoms with Gasteiger partial charge in [-0.15, -0.1) is 0 Å². The van der Waals surface area contributed by atoms with Gasteiger partial charge >= 0.3 is 0 Å². The zero-order valence-corrected chi connectivity index (χ0v) is 17.8. The van der Waals surface area contributed by atoms with Gasteiger partial charge in [-0.25, -0.2) is 0 Å². The first-order valence-corrected chi connectivity index (χ1v) is 9.94. The van der Waals surface area contributed by atoms with Gasteiger partial charge in [-0.3, -0.25) is 4.79 Å². The Hall–Kier alpha value is -2.69. The lowest BCUT2D eigenvalue weighted by atomic mass is 10.1. The van der Waals surface area contributed by atoms with E-state index in [1.165, 1.54) is 0 Å². The van der Waals surface area contributed by atoms with Crippen LogP contribution >= 0.6 is 23.2 Å². The average molecular weight is 429 g/mol. The number of benzene rings is 3. The van der Waals surface area contributed by atoms with E-state index in [9.17, 15) is 4.79 Å². The Morgan fingerprint density at radius 1 is 0.966 bits per heavy atom. The highest BCUT2D eigenvalue weighted by molar-refractivity contribution is 6.32. The topological polar surface area (TPSA) is 50.4 Å². The van der Waals surface area contributed by atoms with Crippen molar-refractivity contribution in [1.82, 2.24) is 0 Å². The molecule has 150 valence electrons. The molecule has 0 unspecified atom stereocenters. The van der Waals surface area contributed by atoms with Gasteiger partial charge in [-0.2, -0.15) is 0 Å². The van der Waals surface area contributed by atoms with Crippen molar-refractivity contribution in [3.05, 3.63) is 87.4 Å². The fraction of sp³-hybridized carbons (Fsp3) is 0.174. The van der Waals surface area contributed by atoms with Crippen molar-refractivity contribution in [2.45, 2.75) is 20.4 Å². The zero-order valence-electron chi connectivity index (χ0n) is 16.3. The first kappa shape index (κ1) is 21.0. The molecule has 1 amide bonds. The van der Waals surface area contributed by atoms with Gasteiger partial charge in [-0.1, -0.05) is 47.5 Å². The van der Waals surface area contributed by atoms with Crippen molar-refractivity contribution in [3.8, 4) is 5.75 Å². The summed E-state index contributed by atoms with van der Waals surface area (Å²) in [5, 5.41) is 7.33. The number of carbonyl (C=O) groups is 1. The zero-order chi connectivity index (χ0) is 20.8. The van der Waals surface area contributed by atoms with Crippen LogP contribution in [0.3, 0.4) is 0 Å². The maximum Gasteiger partial charge on any atom is 0.262 e. The van der Waals surface area contributed by atoms with Gasteiger partial charge < -0.3 is 15.4 Å². The van der Waals surface area contributed by atoms with E-state index in [4.69, 9.17) is 27.9 Å². The fourth-order valence-corrected chi connectivity index (χ4v) is 3.26. The maximum atomic E-state index is 12.1. The Bertz CT molecular complexity index is 1020. The number of hydrogen-bond donors (Lipinski definition) is 2. The molecule has 0 heterocycles. The molecule has 0 saturated carbocycles. The minimum absolute atomic E-state index is 0.118. The normalized spacial score (nSPS) is 10.5. The molecule has 0 atom stereocenters. The summed E-state index contributed by atoms with van der Waals surface area (Å²) >= 11 is 12.5. The summed E-state index contributed by atoms with van der Waals surface area (Å²) in [6.07, 6.45) is 0. The first-order valence-electron chi connectivity index (χ1n) is 9.19. The lowest BCUT2D eigenvalue weighted by Crippen LogP contribution is -2.20. The molecule has 0 saturated heterocycles. The van der Waals surface area contributed by atoms with Crippen LogP contribution in [-0.4, -0.2) is 12.5 Å². The summed E-state index contributed by atoms with van der Waals surface area (Å²) in [5.41, 5.74) is 4.78. The highest BCUT2D eigenvalue weighted by Gasteiger charge is 2.08. The third-order valence-electron chi connectivity index (χ3n) is 4.41. The molecule has 0 fully saturated rings. The summed E-state index contributed by atoms with van der Waals surface area (Å²) in [6, 6.07) is 18.8. The number of ether oxygens (including phenoxy) is 1. The van der Waals surface area contributed by atoms with Gasteiger partial charge in [0.05, 0.1) is 5.02 Å². The van der Waals surface area contributed by atoms with Crippen molar-refractivity contribution >= 4 is 40.5 Å². The summed E-state index contributed by atoms with van der Waals surface area (Å²) in [4.78, 5) is 12.1. The van der Waals surface area contributed by atoms with Gasteiger partial charge in [0.2, 0.25) is 0 Å². The quantitative estimate of drug-likeness (QED) is 0.468. The third-order valence-corrected chi connectivity index (χ3v) is 5.11. The SMILES string of the molecule is Cc1cccc(NC(=O)COc2ccc(CNc3cccc(Cl)c3C)cc2Cl)c1. The predicted molar refractivity (Wildman–Crippen MR) is 120 cm³/mol. The predicted octanol–water partition coefficient (Wildman–Crippen LogP) is 6.24. The molecule has 0 radical (unpaired) electrons. The molecule has 0 aliphatic rings. The average Bonchev–Trinajstić information content (AvgIpc) is 2.68. The lowest BCUT2D eigenvalue weighted by Gasteiger charge is -2.13. The summed E-state index contributed by atoms with van der Waals surface area (Å²) in [5.74, 6) is 0.225. The van der Waals surface area contributed by atoms with Crippen LogP contribution in [0.2, 0.25) is 10.0 Å². The molecule has 0 bridgehead atoms. The Morgan fingerprint density at radius 3 is 2.52 bits per heavy atom. The van der Waals surface area contributed by atoms with Crippen LogP contribution in [0, 0.1) is 13.8 Å². The van der Waals surface area contributed by atoms with Crippen LogP contribution in [-0.2, 0) is 11.3 Å². The molecule has 3 rings (SSSR count). The maximum absolute atomic E-state index is 12.1. The van der Waals surface area contributed by atoms with E-state index in [1.54, 1.807) is 6.07 Å². The molecule has 6 heteroatoms. The number of carbonyl (C=O) groups excluding carboxylic acids is 1. The van der Waals surface area contributed by atoms with E-state index in [0.29, 0.717) is 17.3 Å². The van der Waals surface area contributed by atoms with Crippen molar-refractivity contribution < 1.29 is 9.53 Å². The number of rotatable bonds is 7. The highest BCUT2D eigenvalue weighted by Crippen LogP contribution is 2.27. The molecule has 0 spiro atoms. The number of halogens is 2. The molecular formula is C23H22Cl2N2O2. The van der Waals surface area contributed by atoms with E-state index in [-0.39, 0.29) is 12.5 Å². The van der Waals surface area contributed by atoms with Crippen LogP contribution in [0.5, 0.6) is 5.75 Å². The van der Waals surface area contributed by atoms with Crippen LogP contribution in [0.25, 0.3) is 0 Å². The number of aryl methyl sites for hydroxylation is 1. The number of hydrogen-bond acceptors (Lipinski definition) is 3. The molecule has 4 nitrogen and oxygen atoms in total. The lowest BCUT2D eigenvalue weighted by molar-refractivity contribution is -0.118. The van der Waals surface area contributed by atoms with Crippen LogP contribution in [0.4, 0.5) is 11.4 Å². The minimum atomic E-state index is -0.242. The standard InChI is InChI=1S/C23H22Cl2N2O2/c1-15-5-3-6-18(11-15)27-23(28)14-29-22-10-9-17(12-20(22)25)13-26-21-8-4-7-19(24)16(21)2/h3-12,26H,13-14H2,1-2H3,(H,27,28). The van der Waals surface area contributed by atoms with Crippen molar-refractivity contribution in [2.75, 3.05) is 17.2 Å². The summed E-state index contributed by atoms with van der Waals surface area (Å²) in [6.45, 7) is 4.41. The number of amides is 1. The first-order chi connectivity index (χ1) is 13.9. The van der Waals surface area contributed by atoms with Crippen LogP contribution in [0.15, 0.2) is 60.7 Å². The summed E-state index contributed by atoms with van der Waals surface area (Å²) in [7, 11) is 0. The summed E-state index contributed by atoms with van der Waals surface area (Å²) < 4.78 is 5.57. The largest absolute Gasteiger partial charge is 0.482 e. The van der Waals surface area contributed by atoms with E-state index in [1.807, 2.05) is 68.4 Å². The monoisotopic (exact) mass is 428 g/mol. The van der Waals surface area contributed by atoms with E-state index < -0.39 is 0 Å².